The molecule has 0 saturated carbocycles. The number of carbonyl (C=O) groups is 1. The van der Waals surface area contributed by atoms with Crippen molar-refractivity contribution in [3.63, 3.8) is 0 Å². The summed E-state index contributed by atoms with van der Waals surface area (Å²) in [4.78, 5) is 12.5. The molecule has 0 heterocycles. The molecule has 100 valence electrons. The van der Waals surface area contributed by atoms with Crippen molar-refractivity contribution in [1.29, 1.82) is 0 Å². The highest BCUT2D eigenvalue weighted by Crippen LogP contribution is 2.30. The molecular formula is C13H20N2O3. The zero-order valence-corrected chi connectivity index (χ0v) is 11.0. The first-order valence-corrected chi connectivity index (χ1v) is 5.78. The van der Waals surface area contributed by atoms with E-state index in [4.69, 9.17) is 15.6 Å². The molecule has 5 heteroatoms. The number of aliphatic carboxylic acids is 1. The van der Waals surface area contributed by atoms with Gasteiger partial charge in [0.15, 0.2) is 0 Å². The van der Waals surface area contributed by atoms with Gasteiger partial charge in [-0.05, 0) is 30.2 Å². The van der Waals surface area contributed by atoms with E-state index in [0.717, 1.165) is 17.0 Å². The summed E-state index contributed by atoms with van der Waals surface area (Å²) in [6, 6.07) is 5.34. The number of carboxylic acid groups (broad SMARTS) is 1. The third-order valence-corrected chi connectivity index (χ3v) is 2.79. The van der Waals surface area contributed by atoms with Gasteiger partial charge in [-0.3, -0.25) is 4.79 Å². The van der Waals surface area contributed by atoms with Crippen molar-refractivity contribution in [2.24, 2.45) is 5.73 Å². The summed E-state index contributed by atoms with van der Waals surface area (Å²) in [6.45, 7) is 0. The van der Waals surface area contributed by atoms with Crippen molar-refractivity contribution in [2.45, 2.75) is 18.9 Å². The average Bonchev–Trinajstić information content (AvgIpc) is 2.34. The predicted octanol–water partition coefficient (Wildman–Crippen LogP) is 1.63. The van der Waals surface area contributed by atoms with Crippen LogP contribution in [0.1, 0.15) is 24.4 Å². The third-order valence-electron chi connectivity index (χ3n) is 2.79. The molecule has 1 atom stereocenters. The average molecular weight is 252 g/mol. The van der Waals surface area contributed by atoms with E-state index in [1.165, 1.54) is 0 Å². The van der Waals surface area contributed by atoms with Gasteiger partial charge in [0.05, 0.1) is 7.11 Å². The van der Waals surface area contributed by atoms with Gasteiger partial charge in [0, 0.05) is 32.2 Å². The maximum Gasteiger partial charge on any atom is 0.303 e. The van der Waals surface area contributed by atoms with Gasteiger partial charge < -0.3 is 20.5 Å². The Hall–Kier alpha value is -1.75. The maximum absolute atomic E-state index is 10.6. The van der Waals surface area contributed by atoms with Crippen LogP contribution in [-0.2, 0) is 4.79 Å². The van der Waals surface area contributed by atoms with Crippen LogP contribution in [0.3, 0.4) is 0 Å². The Kier molecular flexibility index (Phi) is 4.97. The number of nitrogens with zero attached hydrogens (tertiary/aromatic N) is 1. The van der Waals surface area contributed by atoms with Crippen molar-refractivity contribution in [3.8, 4) is 5.75 Å². The molecule has 0 bridgehead atoms. The van der Waals surface area contributed by atoms with Crippen LogP contribution in [0.15, 0.2) is 18.2 Å². The Balaban J connectivity index is 2.98. The molecule has 0 radical (unpaired) electrons. The molecule has 5 nitrogen and oxygen atoms in total. The van der Waals surface area contributed by atoms with Crippen LogP contribution in [-0.4, -0.2) is 32.3 Å². The molecule has 0 aromatic heterocycles. The van der Waals surface area contributed by atoms with Crippen molar-refractivity contribution >= 4 is 11.7 Å². The summed E-state index contributed by atoms with van der Waals surface area (Å²) in [7, 11) is 5.45. The quantitative estimate of drug-likeness (QED) is 0.804. The molecule has 0 aliphatic carbocycles. The van der Waals surface area contributed by atoms with E-state index in [2.05, 4.69) is 0 Å². The smallest absolute Gasteiger partial charge is 0.303 e. The topological polar surface area (TPSA) is 75.8 Å². The molecule has 1 aromatic carbocycles. The first-order chi connectivity index (χ1) is 8.45. The highest BCUT2D eigenvalue weighted by molar-refractivity contribution is 5.67. The van der Waals surface area contributed by atoms with E-state index in [1.54, 1.807) is 7.11 Å². The summed E-state index contributed by atoms with van der Waals surface area (Å²) in [6.07, 6.45) is 0.467. The first-order valence-electron chi connectivity index (χ1n) is 5.78. The van der Waals surface area contributed by atoms with Gasteiger partial charge in [0.2, 0.25) is 0 Å². The number of rotatable bonds is 6. The van der Waals surface area contributed by atoms with Crippen LogP contribution in [0.2, 0.25) is 0 Å². The lowest BCUT2D eigenvalue weighted by molar-refractivity contribution is -0.137. The molecule has 0 fully saturated rings. The van der Waals surface area contributed by atoms with Crippen molar-refractivity contribution in [1.82, 2.24) is 0 Å². The Morgan fingerprint density at radius 2 is 2.17 bits per heavy atom. The Labute approximate surface area is 107 Å². The summed E-state index contributed by atoms with van der Waals surface area (Å²) in [5.74, 6) is -0.110. The van der Waals surface area contributed by atoms with E-state index < -0.39 is 5.97 Å². The molecule has 1 rings (SSSR count). The zero-order chi connectivity index (χ0) is 13.7. The van der Waals surface area contributed by atoms with Crippen LogP contribution in [0.4, 0.5) is 5.69 Å². The molecule has 1 aromatic rings. The van der Waals surface area contributed by atoms with Crippen molar-refractivity contribution in [2.75, 3.05) is 26.1 Å². The highest BCUT2D eigenvalue weighted by Gasteiger charge is 2.15. The van der Waals surface area contributed by atoms with Gasteiger partial charge >= 0.3 is 5.97 Å². The van der Waals surface area contributed by atoms with Crippen LogP contribution in [0, 0.1) is 0 Å². The summed E-state index contributed by atoms with van der Waals surface area (Å²) >= 11 is 0. The number of hydrogen-bond acceptors (Lipinski definition) is 4. The SMILES string of the molecule is COc1ccc(N(C)C)c(C(N)CCC(=O)O)c1. The fourth-order valence-electron chi connectivity index (χ4n) is 1.80. The Bertz CT molecular complexity index is 419. The number of benzene rings is 1. The summed E-state index contributed by atoms with van der Waals surface area (Å²) in [5.41, 5.74) is 7.94. The molecular weight excluding hydrogens is 232 g/mol. The monoisotopic (exact) mass is 252 g/mol. The number of ether oxygens (including phenoxy) is 1. The van der Waals surface area contributed by atoms with Gasteiger partial charge in [-0.1, -0.05) is 0 Å². The van der Waals surface area contributed by atoms with Gasteiger partial charge in [-0.25, -0.2) is 0 Å². The molecule has 3 N–H and O–H groups in total. The highest BCUT2D eigenvalue weighted by atomic mass is 16.5. The second-order valence-corrected chi connectivity index (χ2v) is 4.36. The van der Waals surface area contributed by atoms with E-state index in [-0.39, 0.29) is 12.5 Å². The normalized spacial score (nSPS) is 12.0. The summed E-state index contributed by atoms with van der Waals surface area (Å²) in [5, 5.41) is 8.70. The van der Waals surface area contributed by atoms with Crippen molar-refractivity contribution in [3.05, 3.63) is 23.8 Å². The molecule has 0 saturated heterocycles. The van der Waals surface area contributed by atoms with E-state index in [0.29, 0.717) is 6.42 Å². The van der Waals surface area contributed by atoms with E-state index in [9.17, 15) is 4.79 Å². The lowest BCUT2D eigenvalue weighted by Gasteiger charge is -2.22. The van der Waals surface area contributed by atoms with Crippen LogP contribution in [0.5, 0.6) is 5.75 Å². The fourth-order valence-corrected chi connectivity index (χ4v) is 1.80. The van der Waals surface area contributed by atoms with Gasteiger partial charge in [-0.2, -0.15) is 0 Å². The second-order valence-electron chi connectivity index (χ2n) is 4.36. The number of nitrogens with two attached hydrogens (primary N) is 1. The van der Waals surface area contributed by atoms with Crippen LogP contribution >= 0.6 is 0 Å². The lowest BCUT2D eigenvalue weighted by atomic mass is 10.00. The standard InChI is InChI=1S/C13H20N2O3/c1-15(2)12-6-4-9(18-3)8-10(12)11(14)5-7-13(16)17/h4,6,8,11H,5,7,14H2,1-3H3,(H,16,17). The third kappa shape index (κ3) is 3.63. The second kappa shape index (κ2) is 6.26. The number of hydrogen-bond donors (Lipinski definition) is 2. The number of anilines is 1. The molecule has 1 unspecified atom stereocenters. The zero-order valence-electron chi connectivity index (χ0n) is 11.0. The molecule has 18 heavy (non-hydrogen) atoms. The van der Waals surface area contributed by atoms with Crippen molar-refractivity contribution < 1.29 is 14.6 Å². The van der Waals surface area contributed by atoms with E-state index >= 15 is 0 Å². The predicted molar refractivity (Wildman–Crippen MR) is 71.1 cm³/mol. The van der Waals surface area contributed by atoms with Gasteiger partial charge in [0.25, 0.3) is 0 Å². The lowest BCUT2D eigenvalue weighted by Crippen LogP contribution is -2.18. The molecule has 0 aliphatic heterocycles. The number of methoxy groups -OCH3 is 1. The minimum absolute atomic E-state index is 0.0608. The first kappa shape index (κ1) is 14.3. The molecule has 0 spiro atoms. The van der Waals surface area contributed by atoms with Crippen LogP contribution in [0.25, 0.3) is 0 Å². The summed E-state index contributed by atoms with van der Waals surface area (Å²) < 4.78 is 5.17. The largest absolute Gasteiger partial charge is 0.497 e. The van der Waals surface area contributed by atoms with E-state index in [1.807, 2.05) is 37.2 Å². The Morgan fingerprint density at radius 1 is 1.50 bits per heavy atom. The minimum Gasteiger partial charge on any atom is -0.497 e. The Morgan fingerprint density at radius 3 is 2.67 bits per heavy atom. The maximum atomic E-state index is 10.6. The number of carboxylic acids is 1. The van der Waals surface area contributed by atoms with Gasteiger partial charge in [0.1, 0.15) is 5.75 Å². The fraction of sp³-hybridized carbons (Fsp3) is 0.462. The molecule has 0 amide bonds. The molecule has 0 aliphatic rings. The minimum atomic E-state index is -0.834. The van der Waals surface area contributed by atoms with Crippen LogP contribution < -0.4 is 15.4 Å². The van der Waals surface area contributed by atoms with Gasteiger partial charge in [-0.15, -0.1) is 0 Å².